The number of aromatic nitrogens is 1. The predicted octanol–water partition coefficient (Wildman–Crippen LogP) is 3.05. The molecule has 0 saturated carbocycles. The van der Waals surface area contributed by atoms with Crippen LogP contribution in [0.15, 0.2) is 59.3 Å². The van der Waals surface area contributed by atoms with Crippen molar-refractivity contribution in [3.8, 4) is 11.1 Å². The highest BCUT2D eigenvalue weighted by Crippen LogP contribution is 2.37. The van der Waals surface area contributed by atoms with E-state index in [1.54, 1.807) is 41.0 Å². The van der Waals surface area contributed by atoms with E-state index in [1.165, 1.54) is 26.2 Å². The van der Waals surface area contributed by atoms with Crippen LogP contribution in [0.1, 0.15) is 5.69 Å². The molecular formula is C22H27FN4O4S2. The number of hydrogen-bond acceptors (Lipinski definition) is 5. The Labute approximate surface area is 193 Å². The monoisotopic (exact) mass is 494 g/mol. The molecule has 8 nitrogen and oxygen atoms in total. The van der Waals surface area contributed by atoms with E-state index < -0.39 is 25.9 Å². The summed E-state index contributed by atoms with van der Waals surface area (Å²) in [4.78, 5) is 0.116. The smallest absolute Gasteiger partial charge is 0.242 e. The first-order valence-corrected chi connectivity index (χ1v) is 13.4. The van der Waals surface area contributed by atoms with Gasteiger partial charge in [-0.1, -0.05) is 12.1 Å². The average Bonchev–Trinajstić information content (AvgIpc) is 2.97. The molecule has 0 unspecified atom stereocenters. The SMILES string of the molecule is Cc1c(-c2cccc(S(=O)(=O)N(C)C)c2)c2cc(NS(C)(=O)=O)ccc2n1CC(F)=CCN. The molecule has 0 spiro atoms. The molecule has 0 bridgehead atoms. The van der Waals surface area contributed by atoms with E-state index in [1.807, 2.05) is 6.92 Å². The summed E-state index contributed by atoms with van der Waals surface area (Å²) < 4.78 is 68.6. The number of nitrogens with two attached hydrogens (primary N) is 1. The van der Waals surface area contributed by atoms with Gasteiger partial charge in [0.15, 0.2) is 0 Å². The van der Waals surface area contributed by atoms with Crippen LogP contribution in [-0.2, 0) is 26.6 Å². The minimum absolute atomic E-state index is 0.0593. The fourth-order valence-corrected chi connectivity index (χ4v) is 5.20. The Balaban J connectivity index is 2.31. The summed E-state index contributed by atoms with van der Waals surface area (Å²) in [5.74, 6) is -0.411. The molecule has 0 aliphatic rings. The number of rotatable bonds is 8. The summed E-state index contributed by atoms with van der Waals surface area (Å²) in [6, 6.07) is 11.4. The molecule has 178 valence electrons. The second-order valence-corrected chi connectivity index (χ2v) is 11.8. The molecule has 0 aliphatic heterocycles. The molecule has 0 amide bonds. The lowest BCUT2D eigenvalue weighted by Gasteiger charge is -2.13. The molecule has 0 saturated heterocycles. The van der Waals surface area contributed by atoms with Gasteiger partial charge < -0.3 is 10.3 Å². The van der Waals surface area contributed by atoms with Crippen molar-refractivity contribution in [2.24, 2.45) is 5.73 Å². The van der Waals surface area contributed by atoms with E-state index >= 15 is 0 Å². The van der Waals surface area contributed by atoms with Gasteiger partial charge in [-0.05, 0) is 48.9 Å². The third kappa shape index (κ3) is 5.27. The number of nitrogens with zero attached hydrogens (tertiary/aromatic N) is 2. The van der Waals surface area contributed by atoms with Crippen LogP contribution in [0.2, 0.25) is 0 Å². The predicted molar refractivity (Wildman–Crippen MR) is 130 cm³/mol. The van der Waals surface area contributed by atoms with Crippen LogP contribution in [-0.4, -0.2) is 52.6 Å². The Morgan fingerprint density at radius 1 is 1.15 bits per heavy atom. The van der Waals surface area contributed by atoms with Crippen molar-refractivity contribution >= 4 is 36.6 Å². The van der Waals surface area contributed by atoms with Crippen molar-refractivity contribution < 1.29 is 21.2 Å². The molecule has 0 radical (unpaired) electrons. The molecule has 1 heterocycles. The zero-order valence-corrected chi connectivity index (χ0v) is 20.5. The zero-order chi connectivity index (χ0) is 24.6. The standard InChI is InChI=1S/C22H27FN4O4S2/c1-15-22(16-6-5-7-19(12-16)33(30,31)26(2)3)20-13-18(25-32(4,28)29)8-9-21(20)27(15)14-17(23)10-11-24/h5-10,12-13,25H,11,14,24H2,1-4H3. The molecule has 11 heteroatoms. The minimum atomic E-state index is -3.67. The number of fused-ring (bicyclic) bond motifs is 1. The molecule has 1 aromatic heterocycles. The lowest BCUT2D eigenvalue weighted by Crippen LogP contribution is -2.22. The van der Waals surface area contributed by atoms with E-state index in [2.05, 4.69) is 4.72 Å². The molecule has 3 N–H and O–H groups in total. The van der Waals surface area contributed by atoms with E-state index in [-0.39, 0.29) is 18.0 Å². The van der Waals surface area contributed by atoms with Gasteiger partial charge in [0.2, 0.25) is 20.0 Å². The van der Waals surface area contributed by atoms with Gasteiger partial charge >= 0.3 is 0 Å². The highest BCUT2D eigenvalue weighted by atomic mass is 32.2. The van der Waals surface area contributed by atoms with Crippen LogP contribution >= 0.6 is 0 Å². The lowest BCUT2D eigenvalue weighted by molar-refractivity contribution is 0.521. The molecule has 0 atom stereocenters. The van der Waals surface area contributed by atoms with E-state index in [4.69, 9.17) is 5.73 Å². The molecule has 2 aromatic carbocycles. The highest BCUT2D eigenvalue weighted by molar-refractivity contribution is 7.92. The second kappa shape index (κ2) is 9.26. The maximum absolute atomic E-state index is 14.4. The van der Waals surface area contributed by atoms with E-state index in [0.717, 1.165) is 10.6 Å². The lowest BCUT2D eigenvalue weighted by atomic mass is 10.0. The molecule has 33 heavy (non-hydrogen) atoms. The topological polar surface area (TPSA) is 115 Å². The molecule has 3 aromatic rings. The first-order chi connectivity index (χ1) is 15.3. The van der Waals surface area contributed by atoms with Crippen molar-refractivity contribution in [1.29, 1.82) is 0 Å². The number of hydrogen-bond donors (Lipinski definition) is 2. The Bertz CT molecular complexity index is 1440. The Kier molecular flexibility index (Phi) is 6.99. The summed E-state index contributed by atoms with van der Waals surface area (Å²) in [6.07, 6.45) is 2.34. The van der Waals surface area contributed by atoms with Crippen LogP contribution in [0.3, 0.4) is 0 Å². The van der Waals surface area contributed by atoms with Gasteiger partial charge in [-0.15, -0.1) is 0 Å². The maximum atomic E-state index is 14.4. The van der Waals surface area contributed by atoms with Crippen molar-refractivity contribution in [2.45, 2.75) is 18.4 Å². The summed E-state index contributed by atoms with van der Waals surface area (Å²) in [6.45, 7) is 1.81. The largest absolute Gasteiger partial charge is 0.337 e. The number of nitrogens with one attached hydrogen (secondary N) is 1. The molecule has 0 fully saturated rings. The first-order valence-electron chi connectivity index (χ1n) is 10.0. The van der Waals surface area contributed by atoms with Gasteiger partial charge in [0, 0.05) is 48.5 Å². The summed E-state index contributed by atoms with van der Waals surface area (Å²) >= 11 is 0. The minimum Gasteiger partial charge on any atom is -0.337 e. The van der Waals surface area contributed by atoms with Gasteiger partial charge in [0.1, 0.15) is 5.83 Å². The third-order valence-corrected chi connectivity index (χ3v) is 7.59. The van der Waals surface area contributed by atoms with Gasteiger partial charge in [-0.25, -0.2) is 25.5 Å². The van der Waals surface area contributed by atoms with Crippen LogP contribution in [0, 0.1) is 6.92 Å². The van der Waals surface area contributed by atoms with Gasteiger partial charge in [0.25, 0.3) is 0 Å². The summed E-state index contributed by atoms with van der Waals surface area (Å²) in [5, 5.41) is 0.654. The van der Waals surface area contributed by atoms with E-state index in [0.29, 0.717) is 33.4 Å². The quantitative estimate of drug-likeness (QED) is 0.500. The zero-order valence-electron chi connectivity index (χ0n) is 18.8. The maximum Gasteiger partial charge on any atom is 0.242 e. The number of halogens is 1. The second-order valence-electron chi connectivity index (χ2n) is 7.85. The Morgan fingerprint density at radius 2 is 1.85 bits per heavy atom. The molecule has 3 rings (SSSR count). The van der Waals surface area contributed by atoms with Crippen molar-refractivity contribution in [1.82, 2.24) is 8.87 Å². The van der Waals surface area contributed by atoms with E-state index in [9.17, 15) is 21.2 Å². The van der Waals surface area contributed by atoms with Crippen LogP contribution in [0.5, 0.6) is 0 Å². The Hall–Kier alpha value is -2.73. The number of allylic oxidation sites excluding steroid dienone is 1. The number of sulfonamides is 2. The van der Waals surface area contributed by atoms with Crippen LogP contribution in [0.4, 0.5) is 10.1 Å². The Morgan fingerprint density at radius 3 is 2.45 bits per heavy atom. The number of benzene rings is 2. The normalized spacial score (nSPS) is 13.1. The fourth-order valence-electron chi connectivity index (χ4n) is 3.69. The fraction of sp³-hybridized carbons (Fsp3) is 0.273. The summed E-state index contributed by atoms with van der Waals surface area (Å²) in [5.41, 5.74) is 8.44. The van der Waals surface area contributed by atoms with Gasteiger partial charge in [0.05, 0.1) is 17.7 Å². The van der Waals surface area contributed by atoms with Crippen molar-refractivity contribution in [3.63, 3.8) is 0 Å². The molecule has 0 aliphatic carbocycles. The number of anilines is 1. The van der Waals surface area contributed by atoms with Gasteiger partial charge in [-0.2, -0.15) is 0 Å². The highest BCUT2D eigenvalue weighted by Gasteiger charge is 2.21. The third-order valence-electron chi connectivity index (χ3n) is 5.18. The van der Waals surface area contributed by atoms with Crippen molar-refractivity contribution in [2.75, 3.05) is 31.6 Å². The van der Waals surface area contributed by atoms with Crippen LogP contribution in [0.25, 0.3) is 22.0 Å². The van der Waals surface area contributed by atoms with Crippen molar-refractivity contribution in [3.05, 3.63) is 60.1 Å². The van der Waals surface area contributed by atoms with Gasteiger partial charge in [-0.3, -0.25) is 4.72 Å². The average molecular weight is 495 g/mol. The first kappa shape index (κ1) is 24.9. The van der Waals surface area contributed by atoms with Crippen LogP contribution < -0.4 is 10.5 Å². The molecular weight excluding hydrogens is 467 g/mol. The summed E-state index contributed by atoms with van der Waals surface area (Å²) in [7, 11) is -4.28.